The van der Waals surface area contributed by atoms with Gasteiger partial charge in [0.25, 0.3) is 0 Å². The number of halogens is 3. The molecule has 0 aliphatic carbocycles. The number of ether oxygens (including phenoxy) is 2. The smallest absolute Gasteiger partial charge is 0.387 e. The van der Waals surface area contributed by atoms with E-state index in [9.17, 15) is 8.78 Å². The highest BCUT2D eigenvalue weighted by Crippen LogP contribution is 2.30. The van der Waals surface area contributed by atoms with Crippen molar-refractivity contribution in [1.82, 2.24) is 15.6 Å². The summed E-state index contributed by atoms with van der Waals surface area (Å²) in [5, 5.41) is 6.33. The molecule has 0 saturated heterocycles. The molecule has 31 heavy (non-hydrogen) atoms. The van der Waals surface area contributed by atoms with Gasteiger partial charge in [-0.3, -0.25) is 0 Å². The van der Waals surface area contributed by atoms with Gasteiger partial charge in [-0.15, -0.1) is 24.0 Å². The number of alkyl halides is 2. The normalized spacial score (nSPS) is 11.8. The molecular weight excluding hydrogens is 521 g/mol. The SMILES string of the molecule is CCNC(=NCc1ccc(OC(F)F)c(OCC)c1)NCc1ncc(C(C)(C)C)o1.I. The van der Waals surface area contributed by atoms with E-state index in [0.29, 0.717) is 38.1 Å². The lowest BCUT2D eigenvalue weighted by Gasteiger charge is -2.14. The Kier molecular flexibility index (Phi) is 11.0. The molecule has 0 radical (unpaired) electrons. The molecule has 0 saturated carbocycles. The van der Waals surface area contributed by atoms with Crippen molar-refractivity contribution in [2.75, 3.05) is 13.2 Å². The topological polar surface area (TPSA) is 80.9 Å². The molecule has 7 nitrogen and oxygen atoms in total. The van der Waals surface area contributed by atoms with Crippen molar-refractivity contribution in [3.8, 4) is 11.5 Å². The predicted molar refractivity (Wildman–Crippen MR) is 127 cm³/mol. The first-order valence-corrected chi connectivity index (χ1v) is 9.90. The van der Waals surface area contributed by atoms with Gasteiger partial charge in [0.1, 0.15) is 5.76 Å². The summed E-state index contributed by atoms with van der Waals surface area (Å²) < 4.78 is 40.8. The fourth-order valence-electron chi connectivity index (χ4n) is 2.52. The molecule has 0 fully saturated rings. The minimum Gasteiger partial charge on any atom is -0.490 e. The second-order valence-corrected chi connectivity index (χ2v) is 7.51. The number of nitrogens with one attached hydrogen (secondary N) is 2. The van der Waals surface area contributed by atoms with E-state index < -0.39 is 6.61 Å². The van der Waals surface area contributed by atoms with Gasteiger partial charge in [0.15, 0.2) is 17.5 Å². The number of aliphatic imine (C=N–C) groups is 1. The summed E-state index contributed by atoms with van der Waals surface area (Å²) in [5.74, 6) is 2.23. The monoisotopic (exact) mass is 552 g/mol. The summed E-state index contributed by atoms with van der Waals surface area (Å²) in [4.78, 5) is 8.82. The summed E-state index contributed by atoms with van der Waals surface area (Å²) >= 11 is 0. The van der Waals surface area contributed by atoms with Crippen LogP contribution in [0.4, 0.5) is 8.78 Å². The van der Waals surface area contributed by atoms with E-state index in [1.165, 1.54) is 6.07 Å². The molecule has 1 aromatic carbocycles. The minimum atomic E-state index is -2.91. The van der Waals surface area contributed by atoms with Gasteiger partial charge in [0, 0.05) is 12.0 Å². The third kappa shape index (κ3) is 8.88. The van der Waals surface area contributed by atoms with E-state index in [0.717, 1.165) is 11.3 Å². The molecule has 0 atom stereocenters. The summed E-state index contributed by atoms with van der Waals surface area (Å²) in [5.41, 5.74) is 0.686. The van der Waals surface area contributed by atoms with Gasteiger partial charge in [-0.25, -0.2) is 9.98 Å². The maximum Gasteiger partial charge on any atom is 0.387 e. The summed E-state index contributed by atoms with van der Waals surface area (Å²) in [6, 6.07) is 4.79. The third-order valence-electron chi connectivity index (χ3n) is 3.99. The predicted octanol–water partition coefficient (Wildman–Crippen LogP) is 4.85. The van der Waals surface area contributed by atoms with Crippen LogP contribution in [0.5, 0.6) is 11.5 Å². The summed E-state index contributed by atoms with van der Waals surface area (Å²) in [6.45, 7) is 8.72. The molecule has 0 unspecified atom stereocenters. The molecule has 10 heteroatoms. The minimum absolute atomic E-state index is 0. The first kappa shape index (κ1) is 26.9. The molecule has 1 heterocycles. The maximum absolute atomic E-state index is 12.5. The van der Waals surface area contributed by atoms with E-state index in [1.807, 2.05) is 6.92 Å². The molecule has 2 aromatic rings. The number of oxazole rings is 1. The first-order chi connectivity index (χ1) is 14.2. The van der Waals surface area contributed by atoms with Crippen LogP contribution in [0.15, 0.2) is 33.8 Å². The van der Waals surface area contributed by atoms with E-state index in [2.05, 4.69) is 46.1 Å². The Labute approximate surface area is 199 Å². The number of rotatable bonds is 9. The zero-order chi connectivity index (χ0) is 22.1. The van der Waals surface area contributed by atoms with Crippen LogP contribution in [0.25, 0.3) is 0 Å². The Hall–Kier alpha value is -2.11. The van der Waals surface area contributed by atoms with Crippen LogP contribution < -0.4 is 20.1 Å². The van der Waals surface area contributed by atoms with Gasteiger partial charge in [-0.2, -0.15) is 8.78 Å². The van der Waals surface area contributed by atoms with Crippen LogP contribution in [0.3, 0.4) is 0 Å². The van der Waals surface area contributed by atoms with Gasteiger partial charge in [-0.05, 0) is 31.5 Å². The fraction of sp³-hybridized carbons (Fsp3) is 0.524. The average molecular weight is 552 g/mol. The highest BCUT2D eigenvalue weighted by Gasteiger charge is 2.19. The largest absolute Gasteiger partial charge is 0.490 e. The van der Waals surface area contributed by atoms with Crippen molar-refractivity contribution in [2.24, 2.45) is 4.99 Å². The lowest BCUT2D eigenvalue weighted by atomic mass is 9.94. The number of hydrogen-bond acceptors (Lipinski definition) is 5. The molecule has 2 N–H and O–H groups in total. The number of guanidine groups is 1. The van der Waals surface area contributed by atoms with Crippen molar-refractivity contribution in [3.05, 3.63) is 41.6 Å². The van der Waals surface area contributed by atoms with E-state index >= 15 is 0 Å². The van der Waals surface area contributed by atoms with Crippen molar-refractivity contribution in [2.45, 2.75) is 59.7 Å². The van der Waals surface area contributed by atoms with Crippen LogP contribution in [-0.4, -0.2) is 30.7 Å². The molecule has 0 spiro atoms. The van der Waals surface area contributed by atoms with E-state index in [-0.39, 0.29) is 40.9 Å². The molecule has 0 amide bonds. The second kappa shape index (κ2) is 12.7. The molecule has 174 valence electrons. The van der Waals surface area contributed by atoms with Crippen LogP contribution in [0.2, 0.25) is 0 Å². The van der Waals surface area contributed by atoms with Gasteiger partial charge >= 0.3 is 6.61 Å². The van der Waals surface area contributed by atoms with Crippen molar-refractivity contribution in [1.29, 1.82) is 0 Å². The maximum atomic E-state index is 12.5. The highest BCUT2D eigenvalue weighted by molar-refractivity contribution is 14.0. The molecule has 2 rings (SSSR count). The molecular formula is C21H31F2IN4O3. The van der Waals surface area contributed by atoms with Gasteiger partial charge in [0.05, 0.1) is 25.9 Å². The van der Waals surface area contributed by atoms with Gasteiger partial charge < -0.3 is 24.5 Å². The highest BCUT2D eigenvalue weighted by atomic mass is 127. The van der Waals surface area contributed by atoms with Crippen molar-refractivity contribution in [3.63, 3.8) is 0 Å². The Morgan fingerprint density at radius 2 is 1.94 bits per heavy atom. The van der Waals surface area contributed by atoms with Crippen LogP contribution >= 0.6 is 24.0 Å². The zero-order valence-electron chi connectivity index (χ0n) is 18.5. The number of nitrogens with zero attached hydrogens (tertiary/aromatic N) is 2. The zero-order valence-corrected chi connectivity index (χ0v) is 20.8. The Morgan fingerprint density at radius 3 is 2.52 bits per heavy atom. The number of hydrogen-bond donors (Lipinski definition) is 2. The quantitative estimate of drug-likeness (QED) is 0.263. The fourth-order valence-corrected chi connectivity index (χ4v) is 2.52. The summed E-state index contributed by atoms with van der Waals surface area (Å²) in [7, 11) is 0. The lowest BCUT2D eigenvalue weighted by molar-refractivity contribution is -0.0514. The Bertz CT molecular complexity index is 838. The lowest BCUT2D eigenvalue weighted by Crippen LogP contribution is -2.36. The average Bonchev–Trinajstić information content (AvgIpc) is 3.15. The Morgan fingerprint density at radius 1 is 1.19 bits per heavy atom. The van der Waals surface area contributed by atoms with Crippen molar-refractivity contribution < 1.29 is 22.7 Å². The van der Waals surface area contributed by atoms with Crippen molar-refractivity contribution >= 4 is 29.9 Å². The number of aromatic nitrogens is 1. The number of benzene rings is 1. The molecule has 0 aliphatic rings. The Balaban J connectivity index is 0.00000480. The van der Waals surface area contributed by atoms with Gasteiger partial charge in [0.2, 0.25) is 5.89 Å². The first-order valence-electron chi connectivity index (χ1n) is 9.90. The molecule has 0 bridgehead atoms. The van der Waals surface area contributed by atoms with E-state index in [1.54, 1.807) is 25.3 Å². The molecule has 0 aliphatic heterocycles. The second-order valence-electron chi connectivity index (χ2n) is 7.51. The van der Waals surface area contributed by atoms with Crippen LogP contribution in [-0.2, 0) is 18.5 Å². The van der Waals surface area contributed by atoms with E-state index in [4.69, 9.17) is 9.15 Å². The summed E-state index contributed by atoms with van der Waals surface area (Å²) in [6.07, 6.45) is 1.74. The van der Waals surface area contributed by atoms with Crippen LogP contribution in [0, 0.1) is 0 Å². The van der Waals surface area contributed by atoms with Crippen LogP contribution in [0.1, 0.15) is 51.8 Å². The standard InChI is InChI=1S/C21H30F2N4O3.HI/c1-6-24-20(27-13-18-25-12-17(30-18)21(3,4)5)26-11-14-8-9-15(29-19(22)23)16(10-14)28-7-2;/h8-10,12,19H,6-7,11,13H2,1-5H3,(H2,24,26,27);1H. The third-order valence-corrected chi connectivity index (χ3v) is 3.99. The van der Waals surface area contributed by atoms with Gasteiger partial charge in [-0.1, -0.05) is 26.8 Å². The molecule has 1 aromatic heterocycles.